The highest BCUT2D eigenvalue weighted by molar-refractivity contribution is 5.83. The van der Waals surface area contributed by atoms with Gasteiger partial charge in [-0.15, -0.1) is 0 Å². The highest BCUT2D eigenvalue weighted by Gasteiger charge is 2.23. The number of nitrogens with two attached hydrogens (primary N) is 1. The fraction of sp³-hybridized carbons (Fsp3) is 0.846. The van der Waals surface area contributed by atoms with Crippen molar-refractivity contribution in [1.29, 1.82) is 0 Å². The number of hydrogen-bond donors (Lipinski definition) is 3. The van der Waals surface area contributed by atoms with Crippen LogP contribution in [0.15, 0.2) is 0 Å². The molecule has 104 valence electrons. The Kier molecular flexibility index (Phi) is 6.72. The first-order valence-corrected chi connectivity index (χ1v) is 6.85. The van der Waals surface area contributed by atoms with Crippen LogP contribution < -0.4 is 11.1 Å². The highest BCUT2D eigenvalue weighted by atomic mass is 16.4. The van der Waals surface area contributed by atoms with Crippen molar-refractivity contribution >= 4 is 11.9 Å². The molecule has 0 aliphatic heterocycles. The number of rotatable bonds is 8. The van der Waals surface area contributed by atoms with Crippen molar-refractivity contribution in [3.05, 3.63) is 0 Å². The van der Waals surface area contributed by atoms with E-state index in [-0.39, 0.29) is 5.91 Å². The molecule has 18 heavy (non-hydrogen) atoms. The van der Waals surface area contributed by atoms with Gasteiger partial charge in [-0.25, -0.2) is 4.79 Å². The number of carboxylic acid groups (broad SMARTS) is 1. The van der Waals surface area contributed by atoms with Crippen molar-refractivity contribution < 1.29 is 14.7 Å². The van der Waals surface area contributed by atoms with Crippen LogP contribution in [0.4, 0.5) is 0 Å². The molecule has 0 radical (unpaired) electrons. The average molecular weight is 256 g/mol. The normalized spacial score (nSPS) is 17.6. The van der Waals surface area contributed by atoms with Gasteiger partial charge in [0.1, 0.15) is 6.04 Å². The molecular weight excluding hydrogens is 232 g/mol. The third kappa shape index (κ3) is 5.49. The summed E-state index contributed by atoms with van der Waals surface area (Å²) in [5.41, 5.74) is 5.37. The summed E-state index contributed by atoms with van der Waals surface area (Å²) in [5.74, 6) is -0.627. The molecule has 1 aliphatic rings. The Morgan fingerprint density at radius 1 is 1.28 bits per heavy atom. The monoisotopic (exact) mass is 256 g/mol. The topological polar surface area (TPSA) is 92.4 Å². The molecular formula is C13H24N2O3. The first-order valence-electron chi connectivity index (χ1n) is 6.85. The quantitative estimate of drug-likeness (QED) is 0.570. The Hall–Kier alpha value is -1.10. The zero-order valence-electron chi connectivity index (χ0n) is 10.9. The van der Waals surface area contributed by atoms with Crippen LogP contribution in [0.3, 0.4) is 0 Å². The molecule has 1 rings (SSSR count). The van der Waals surface area contributed by atoms with E-state index in [1.54, 1.807) is 0 Å². The van der Waals surface area contributed by atoms with Gasteiger partial charge in [-0.1, -0.05) is 12.8 Å². The van der Waals surface area contributed by atoms with Crippen molar-refractivity contribution in [3.8, 4) is 0 Å². The van der Waals surface area contributed by atoms with E-state index in [4.69, 9.17) is 10.8 Å². The SMILES string of the molecule is NCCCC[C@@H](NC(=O)CC1CCCC1)C(=O)O. The standard InChI is InChI=1S/C13H24N2O3/c14-8-4-3-7-11(13(17)18)15-12(16)9-10-5-1-2-6-10/h10-11H,1-9,14H2,(H,15,16)(H,17,18)/t11-/m1/s1. The summed E-state index contributed by atoms with van der Waals surface area (Å²) >= 11 is 0. The number of carbonyl (C=O) groups is 2. The summed E-state index contributed by atoms with van der Waals surface area (Å²) in [7, 11) is 0. The maximum absolute atomic E-state index is 11.7. The summed E-state index contributed by atoms with van der Waals surface area (Å²) in [5, 5.41) is 11.7. The van der Waals surface area contributed by atoms with Crippen LogP contribution in [0.2, 0.25) is 0 Å². The van der Waals surface area contributed by atoms with Gasteiger partial charge in [-0.3, -0.25) is 4.79 Å². The van der Waals surface area contributed by atoms with E-state index in [9.17, 15) is 9.59 Å². The van der Waals surface area contributed by atoms with E-state index in [0.717, 1.165) is 25.7 Å². The molecule has 0 aromatic heterocycles. The molecule has 1 fully saturated rings. The molecule has 1 atom stereocenters. The molecule has 0 bridgehead atoms. The Morgan fingerprint density at radius 3 is 2.50 bits per heavy atom. The summed E-state index contributed by atoms with van der Waals surface area (Å²) in [4.78, 5) is 22.8. The van der Waals surface area contributed by atoms with E-state index in [0.29, 0.717) is 25.3 Å². The lowest BCUT2D eigenvalue weighted by molar-refractivity contribution is -0.142. The van der Waals surface area contributed by atoms with Gasteiger partial charge in [0.05, 0.1) is 0 Å². The molecule has 0 aromatic rings. The predicted molar refractivity (Wildman–Crippen MR) is 69.0 cm³/mol. The number of carboxylic acids is 1. The molecule has 0 spiro atoms. The van der Waals surface area contributed by atoms with Crippen molar-refractivity contribution in [3.63, 3.8) is 0 Å². The minimum atomic E-state index is -0.952. The summed E-state index contributed by atoms with van der Waals surface area (Å²) in [6.07, 6.45) is 7.04. The number of amides is 1. The molecule has 0 aromatic carbocycles. The first-order chi connectivity index (χ1) is 8.63. The molecule has 0 unspecified atom stereocenters. The van der Waals surface area contributed by atoms with Gasteiger partial charge in [0.15, 0.2) is 0 Å². The lowest BCUT2D eigenvalue weighted by Crippen LogP contribution is -2.41. The Balaban J connectivity index is 2.29. The van der Waals surface area contributed by atoms with Crippen LogP contribution in [0.25, 0.3) is 0 Å². The van der Waals surface area contributed by atoms with E-state index < -0.39 is 12.0 Å². The fourth-order valence-corrected chi connectivity index (χ4v) is 2.48. The zero-order chi connectivity index (χ0) is 13.4. The van der Waals surface area contributed by atoms with Gasteiger partial charge in [-0.05, 0) is 44.6 Å². The van der Waals surface area contributed by atoms with Crippen LogP contribution in [0, 0.1) is 5.92 Å². The highest BCUT2D eigenvalue weighted by Crippen LogP contribution is 2.27. The van der Waals surface area contributed by atoms with E-state index in [1.165, 1.54) is 12.8 Å². The van der Waals surface area contributed by atoms with Crippen LogP contribution in [0.1, 0.15) is 51.4 Å². The van der Waals surface area contributed by atoms with Gasteiger partial charge in [0, 0.05) is 6.42 Å². The van der Waals surface area contributed by atoms with Gasteiger partial charge >= 0.3 is 5.97 Å². The summed E-state index contributed by atoms with van der Waals surface area (Å²) < 4.78 is 0. The lowest BCUT2D eigenvalue weighted by Gasteiger charge is -2.16. The van der Waals surface area contributed by atoms with Crippen LogP contribution >= 0.6 is 0 Å². The predicted octanol–water partition coefficient (Wildman–Crippen LogP) is 1.27. The first kappa shape index (κ1) is 15.0. The second kappa shape index (κ2) is 8.08. The molecule has 1 saturated carbocycles. The van der Waals surface area contributed by atoms with Crippen LogP contribution in [-0.2, 0) is 9.59 Å². The summed E-state index contributed by atoms with van der Waals surface area (Å²) in [6, 6.07) is -0.759. The van der Waals surface area contributed by atoms with Crippen LogP contribution in [-0.4, -0.2) is 29.6 Å². The molecule has 5 nitrogen and oxygen atoms in total. The average Bonchev–Trinajstić information content (AvgIpc) is 2.80. The molecule has 1 amide bonds. The number of aliphatic carboxylic acids is 1. The number of hydrogen-bond acceptors (Lipinski definition) is 3. The number of nitrogens with one attached hydrogen (secondary N) is 1. The van der Waals surface area contributed by atoms with E-state index in [2.05, 4.69) is 5.32 Å². The largest absolute Gasteiger partial charge is 0.480 e. The molecule has 4 N–H and O–H groups in total. The molecule has 0 saturated heterocycles. The van der Waals surface area contributed by atoms with Gasteiger partial charge in [-0.2, -0.15) is 0 Å². The van der Waals surface area contributed by atoms with E-state index >= 15 is 0 Å². The zero-order valence-corrected chi connectivity index (χ0v) is 10.9. The maximum atomic E-state index is 11.7. The number of carbonyl (C=O) groups excluding carboxylic acids is 1. The Morgan fingerprint density at radius 2 is 1.94 bits per heavy atom. The minimum Gasteiger partial charge on any atom is -0.480 e. The molecule has 5 heteroatoms. The molecule has 1 aliphatic carbocycles. The minimum absolute atomic E-state index is 0.123. The summed E-state index contributed by atoms with van der Waals surface area (Å²) in [6.45, 7) is 0.558. The van der Waals surface area contributed by atoms with Gasteiger partial charge < -0.3 is 16.2 Å². The van der Waals surface area contributed by atoms with Gasteiger partial charge in [0.25, 0.3) is 0 Å². The van der Waals surface area contributed by atoms with Crippen molar-refractivity contribution in [2.75, 3.05) is 6.54 Å². The lowest BCUT2D eigenvalue weighted by atomic mass is 10.0. The van der Waals surface area contributed by atoms with Crippen molar-refractivity contribution in [2.24, 2.45) is 11.7 Å². The third-order valence-electron chi connectivity index (χ3n) is 3.53. The van der Waals surface area contributed by atoms with Gasteiger partial charge in [0.2, 0.25) is 5.91 Å². The second-order valence-electron chi connectivity index (χ2n) is 5.10. The fourth-order valence-electron chi connectivity index (χ4n) is 2.48. The maximum Gasteiger partial charge on any atom is 0.326 e. The number of unbranched alkanes of at least 4 members (excludes halogenated alkanes) is 1. The molecule has 0 heterocycles. The van der Waals surface area contributed by atoms with Crippen molar-refractivity contribution in [2.45, 2.75) is 57.4 Å². The second-order valence-corrected chi connectivity index (χ2v) is 5.10. The third-order valence-corrected chi connectivity index (χ3v) is 3.53. The van der Waals surface area contributed by atoms with Crippen LogP contribution in [0.5, 0.6) is 0 Å². The van der Waals surface area contributed by atoms with Crippen molar-refractivity contribution in [1.82, 2.24) is 5.32 Å². The van der Waals surface area contributed by atoms with E-state index in [1.807, 2.05) is 0 Å². The Bertz CT molecular complexity index is 275. The Labute approximate surface area is 108 Å². The smallest absolute Gasteiger partial charge is 0.326 e.